The Kier molecular flexibility index (Phi) is 4.45. The third-order valence-corrected chi connectivity index (χ3v) is 2.95. The van der Waals surface area contributed by atoms with Gasteiger partial charge in [-0.3, -0.25) is 4.79 Å². The van der Waals surface area contributed by atoms with Crippen LogP contribution in [0.2, 0.25) is 0 Å². The van der Waals surface area contributed by atoms with Crippen molar-refractivity contribution in [1.29, 1.82) is 0 Å². The Bertz CT molecular complexity index is 510. The predicted octanol–water partition coefficient (Wildman–Crippen LogP) is 1.44. The first-order valence-electron chi connectivity index (χ1n) is 6.44. The molecule has 1 aliphatic rings. The maximum absolute atomic E-state index is 11.5. The molecule has 0 unspecified atom stereocenters. The van der Waals surface area contributed by atoms with E-state index in [0.717, 1.165) is 12.8 Å². The molecular weight excluding hydrogens is 262 g/mol. The van der Waals surface area contributed by atoms with Crippen LogP contribution in [0.4, 0.5) is 0 Å². The highest BCUT2D eigenvalue weighted by Gasteiger charge is 2.23. The van der Waals surface area contributed by atoms with Gasteiger partial charge in [-0.2, -0.15) is 0 Å². The summed E-state index contributed by atoms with van der Waals surface area (Å²) in [4.78, 5) is 22.6. The van der Waals surface area contributed by atoms with E-state index in [1.807, 2.05) is 0 Å². The van der Waals surface area contributed by atoms with Gasteiger partial charge in [0.05, 0.1) is 20.1 Å². The first-order chi connectivity index (χ1) is 9.61. The molecule has 1 aromatic carbocycles. The van der Waals surface area contributed by atoms with Crippen LogP contribution < -0.4 is 14.8 Å². The van der Waals surface area contributed by atoms with Crippen molar-refractivity contribution in [2.24, 2.45) is 0 Å². The Labute approximate surface area is 116 Å². The summed E-state index contributed by atoms with van der Waals surface area (Å²) < 4.78 is 10.5. The monoisotopic (exact) mass is 279 g/mol. The number of para-hydroxylation sites is 1. The van der Waals surface area contributed by atoms with Crippen molar-refractivity contribution < 1.29 is 24.2 Å². The van der Waals surface area contributed by atoms with E-state index in [4.69, 9.17) is 14.6 Å². The van der Waals surface area contributed by atoms with E-state index in [9.17, 15) is 9.59 Å². The number of methoxy groups -OCH3 is 1. The maximum Gasteiger partial charge on any atom is 0.339 e. The summed E-state index contributed by atoms with van der Waals surface area (Å²) in [5, 5.41) is 11.9. The lowest BCUT2D eigenvalue weighted by atomic mass is 10.2. The molecule has 6 nitrogen and oxygen atoms in total. The Hall–Kier alpha value is -2.24. The number of benzene rings is 1. The van der Waals surface area contributed by atoms with E-state index >= 15 is 0 Å². The molecule has 108 valence electrons. The fourth-order valence-electron chi connectivity index (χ4n) is 1.77. The van der Waals surface area contributed by atoms with Gasteiger partial charge in [-0.15, -0.1) is 0 Å². The Morgan fingerprint density at radius 2 is 2.15 bits per heavy atom. The molecule has 2 N–H and O–H groups in total. The van der Waals surface area contributed by atoms with Gasteiger partial charge in [0.1, 0.15) is 5.56 Å². The number of ether oxygens (including phenoxy) is 2. The van der Waals surface area contributed by atoms with Crippen molar-refractivity contribution in [1.82, 2.24) is 5.32 Å². The summed E-state index contributed by atoms with van der Waals surface area (Å²) in [6, 6.07) is 4.94. The third-order valence-electron chi connectivity index (χ3n) is 2.95. The van der Waals surface area contributed by atoms with Gasteiger partial charge in [-0.25, -0.2) is 4.79 Å². The van der Waals surface area contributed by atoms with Gasteiger partial charge < -0.3 is 19.9 Å². The molecule has 1 aliphatic carbocycles. The SMILES string of the molecule is COc1cccc(C(=O)O)c1OCCC(=O)NC1CC1. The van der Waals surface area contributed by atoms with Crippen molar-refractivity contribution in [2.75, 3.05) is 13.7 Å². The highest BCUT2D eigenvalue weighted by Crippen LogP contribution is 2.31. The van der Waals surface area contributed by atoms with Crippen LogP contribution in [0.15, 0.2) is 18.2 Å². The van der Waals surface area contributed by atoms with Crippen LogP contribution in [0, 0.1) is 0 Å². The van der Waals surface area contributed by atoms with Crippen molar-refractivity contribution in [3.63, 3.8) is 0 Å². The minimum atomic E-state index is -1.10. The zero-order chi connectivity index (χ0) is 14.5. The predicted molar refractivity (Wildman–Crippen MR) is 71.2 cm³/mol. The molecule has 1 aromatic rings. The number of carbonyl (C=O) groups is 2. The molecule has 1 fully saturated rings. The summed E-state index contributed by atoms with van der Waals surface area (Å²) in [5.41, 5.74) is 0.0203. The smallest absolute Gasteiger partial charge is 0.339 e. The van der Waals surface area contributed by atoms with Gasteiger partial charge in [0.15, 0.2) is 11.5 Å². The number of rotatable bonds is 7. The van der Waals surface area contributed by atoms with Crippen LogP contribution >= 0.6 is 0 Å². The van der Waals surface area contributed by atoms with Crippen molar-refractivity contribution in [3.8, 4) is 11.5 Å². The highest BCUT2D eigenvalue weighted by molar-refractivity contribution is 5.92. The lowest BCUT2D eigenvalue weighted by Gasteiger charge is -2.13. The highest BCUT2D eigenvalue weighted by atomic mass is 16.5. The Morgan fingerprint density at radius 1 is 1.40 bits per heavy atom. The van der Waals surface area contributed by atoms with E-state index in [1.54, 1.807) is 12.1 Å². The largest absolute Gasteiger partial charge is 0.493 e. The van der Waals surface area contributed by atoms with Gasteiger partial charge in [-0.1, -0.05) is 6.07 Å². The fourth-order valence-corrected chi connectivity index (χ4v) is 1.77. The molecule has 0 aromatic heterocycles. The molecule has 0 bridgehead atoms. The Morgan fingerprint density at radius 3 is 2.75 bits per heavy atom. The van der Waals surface area contributed by atoms with Crippen LogP contribution in [-0.2, 0) is 4.79 Å². The number of hydrogen-bond acceptors (Lipinski definition) is 4. The molecular formula is C14H17NO5. The number of hydrogen-bond donors (Lipinski definition) is 2. The van der Waals surface area contributed by atoms with E-state index in [0.29, 0.717) is 11.8 Å². The lowest BCUT2D eigenvalue weighted by Crippen LogP contribution is -2.26. The number of aromatic carboxylic acids is 1. The second kappa shape index (κ2) is 6.27. The number of nitrogens with one attached hydrogen (secondary N) is 1. The van der Waals surface area contributed by atoms with Crippen LogP contribution in [0.3, 0.4) is 0 Å². The minimum Gasteiger partial charge on any atom is -0.493 e. The van der Waals surface area contributed by atoms with Gasteiger partial charge in [-0.05, 0) is 25.0 Å². The minimum absolute atomic E-state index is 0.0203. The second-order valence-corrected chi connectivity index (χ2v) is 4.58. The first kappa shape index (κ1) is 14.2. The first-order valence-corrected chi connectivity index (χ1v) is 6.44. The summed E-state index contributed by atoms with van der Waals surface area (Å²) in [6.45, 7) is 0.110. The average Bonchev–Trinajstić information content (AvgIpc) is 3.22. The summed E-state index contributed by atoms with van der Waals surface area (Å²) in [5.74, 6) is -0.685. The fraction of sp³-hybridized carbons (Fsp3) is 0.429. The topological polar surface area (TPSA) is 84.9 Å². The van der Waals surface area contributed by atoms with E-state index < -0.39 is 5.97 Å². The quantitative estimate of drug-likeness (QED) is 0.789. The molecule has 2 rings (SSSR count). The number of carboxylic acid groups (broad SMARTS) is 1. The van der Waals surface area contributed by atoms with E-state index in [-0.39, 0.29) is 30.2 Å². The number of carboxylic acids is 1. The molecule has 1 amide bonds. The second-order valence-electron chi connectivity index (χ2n) is 4.58. The molecule has 0 saturated heterocycles. The van der Waals surface area contributed by atoms with Crippen molar-refractivity contribution >= 4 is 11.9 Å². The number of amides is 1. The normalized spacial score (nSPS) is 13.7. The van der Waals surface area contributed by atoms with E-state index in [2.05, 4.69) is 5.32 Å². The average molecular weight is 279 g/mol. The van der Waals surface area contributed by atoms with Gasteiger partial charge in [0, 0.05) is 6.04 Å². The van der Waals surface area contributed by atoms with E-state index in [1.165, 1.54) is 13.2 Å². The lowest BCUT2D eigenvalue weighted by molar-refractivity contribution is -0.121. The van der Waals surface area contributed by atoms with Crippen LogP contribution in [-0.4, -0.2) is 36.7 Å². The van der Waals surface area contributed by atoms with Gasteiger partial charge in [0.25, 0.3) is 0 Å². The van der Waals surface area contributed by atoms with Gasteiger partial charge >= 0.3 is 5.97 Å². The Balaban J connectivity index is 1.96. The van der Waals surface area contributed by atoms with Crippen LogP contribution in [0.25, 0.3) is 0 Å². The summed E-state index contributed by atoms with van der Waals surface area (Å²) in [7, 11) is 1.44. The molecule has 0 radical (unpaired) electrons. The van der Waals surface area contributed by atoms with Crippen molar-refractivity contribution in [3.05, 3.63) is 23.8 Å². The molecule has 1 saturated carbocycles. The van der Waals surface area contributed by atoms with Crippen molar-refractivity contribution in [2.45, 2.75) is 25.3 Å². The molecule has 0 heterocycles. The zero-order valence-electron chi connectivity index (χ0n) is 11.2. The molecule has 6 heteroatoms. The third kappa shape index (κ3) is 3.63. The summed E-state index contributed by atoms with van der Waals surface area (Å²) in [6.07, 6.45) is 2.25. The molecule has 0 aliphatic heterocycles. The standard InChI is InChI=1S/C14H17NO5/c1-19-11-4-2-3-10(14(17)18)13(11)20-8-7-12(16)15-9-5-6-9/h2-4,9H,5-8H2,1H3,(H,15,16)(H,17,18). The van der Waals surface area contributed by atoms with Crippen LogP contribution in [0.1, 0.15) is 29.6 Å². The van der Waals surface area contributed by atoms with Crippen LogP contribution in [0.5, 0.6) is 11.5 Å². The number of carbonyl (C=O) groups excluding carboxylic acids is 1. The maximum atomic E-state index is 11.5. The molecule has 20 heavy (non-hydrogen) atoms. The molecule has 0 atom stereocenters. The van der Waals surface area contributed by atoms with Gasteiger partial charge in [0.2, 0.25) is 5.91 Å². The molecule has 0 spiro atoms. The zero-order valence-corrected chi connectivity index (χ0v) is 11.2. The summed E-state index contributed by atoms with van der Waals surface area (Å²) >= 11 is 0.